The summed E-state index contributed by atoms with van der Waals surface area (Å²) >= 11 is 2.97. The Hall–Kier alpha value is -7.84. The zero-order valence-electron chi connectivity index (χ0n) is 54.2. The Balaban J connectivity index is 0.771. The van der Waals surface area contributed by atoms with Crippen LogP contribution in [0.4, 0.5) is 0 Å². The van der Waals surface area contributed by atoms with Gasteiger partial charge in [-0.1, -0.05) is 72.8 Å². The van der Waals surface area contributed by atoms with Crippen molar-refractivity contribution in [2.75, 3.05) is 70.1 Å². The number of carbonyl (C=O) groups is 8. The number of ketones is 1. The minimum atomic E-state index is -2.48. The predicted molar refractivity (Wildman–Crippen MR) is 359 cm³/mol. The molecular formula is C69H85N5O21S2. The highest BCUT2D eigenvalue weighted by Crippen LogP contribution is 2.36. The third kappa shape index (κ3) is 21.3. The fourth-order valence-electron chi connectivity index (χ4n) is 11.1. The van der Waals surface area contributed by atoms with Crippen LogP contribution in [-0.4, -0.2) is 226 Å². The van der Waals surface area contributed by atoms with Gasteiger partial charge in [0.05, 0.1) is 63.9 Å². The maximum atomic E-state index is 13.1. The third-order valence-corrected chi connectivity index (χ3v) is 18.4. The van der Waals surface area contributed by atoms with Crippen molar-refractivity contribution in [3.05, 3.63) is 144 Å². The summed E-state index contributed by atoms with van der Waals surface area (Å²) in [7, 11) is 3.11. The van der Waals surface area contributed by atoms with E-state index >= 15 is 0 Å². The summed E-state index contributed by atoms with van der Waals surface area (Å²) in [6.07, 6.45) is -12.8. The molecule has 524 valence electrons. The van der Waals surface area contributed by atoms with Gasteiger partial charge in [-0.15, -0.1) is 0 Å². The Bertz CT molecular complexity index is 3440. The number of hydrogen-bond donors (Lipinski definition) is 12. The largest absolute Gasteiger partial charge is 0.496 e. The molecule has 2 aliphatic rings. The molecule has 5 aromatic carbocycles. The summed E-state index contributed by atoms with van der Waals surface area (Å²) in [5, 5.41) is 90.4. The molecule has 0 radical (unpaired) electrons. The summed E-state index contributed by atoms with van der Waals surface area (Å²) in [6, 6.07) is 31.6. The van der Waals surface area contributed by atoms with E-state index < -0.39 is 128 Å². The van der Waals surface area contributed by atoms with Gasteiger partial charge in [0.15, 0.2) is 12.1 Å². The van der Waals surface area contributed by atoms with E-state index in [0.29, 0.717) is 77.7 Å². The maximum Gasteiger partial charge on any atom is 0.364 e. The van der Waals surface area contributed by atoms with Crippen LogP contribution in [0.3, 0.4) is 0 Å². The number of aliphatic hydroxyl groups excluding tert-OH is 6. The lowest BCUT2D eigenvalue weighted by Crippen LogP contribution is -2.68. The first kappa shape index (κ1) is 76.5. The topological polar surface area (TPSA) is 394 Å². The molecule has 97 heavy (non-hydrogen) atoms. The SMILES string of the molecule is COc1ccccc1-c1ccc(C(=O)NC[C@@H](O)[C@@H](O)[C@@H]2O[C@](C=O)(OCCCSCCNC(=O)c3ccc(C(=O)CCCSCCCO[C@]4(C(=O)O)C[C@H](O)[C@@H](NC(C)=O)[C@H]([C@H](O)[C@H](O)CNC(=O)c5ccc(-c6ccccc6OC)cc5)O4)cc3)C[C@H](O)[C@H]2NC(C)=O)cc1. The number of carboxylic acid groups (broad SMARTS) is 1. The minimum Gasteiger partial charge on any atom is -0.496 e. The van der Waals surface area contributed by atoms with E-state index in [0.717, 1.165) is 29.2 Å². The van der Waals surface area contributed by atoms with Gasteiger partial charge in [0, 0.05) is 91.9 Å². The average molecular weight is 1380 g/mol. The number of benzene rings is 5. The number of thioether (sulfide) groups is 2. The van der Waals surface area contributed by atoms with Crippen LogP contribution in [0.25, 0.3) is 22.3 Å². The van der Waals surface area contributed by atoms with Crippen LogP contribution in [0.2, 0.25) is 0 Å². The Morgan fingerprint density at radius 2 is 0.979 bits per heavy atom. The molecule has 12 N–H and O–H groups in total. The van der Waals surface area contributed by atoms with Crippen LogP contribution < -0.4 is 36.1 Å². The predicted octanol–water partition coefficient (Wildman–Crippen LogP) is 3.30. The molecule has 0 saturated carbocycles. The van der Waals surface area contributed by atoms with Gasteiger partial charge in [0.1, 0.15) is 35.9 Å². The Labute approximate surface area is 569 Å². The highest BCUT2D eigenvalue weighted by Gasteiger charge is 2.56. The van der Waals surface area contributed by atoms with Crippen molar-refractivity contribution < 1.29 is 103 Å². The quantitative estimate of drug-likeness (QED) is 0.0154. The van der Waals surface area contributed by atoms with Crippen molar-refractivity contribution in [2.24, 2.45) is 0 Å². The Kier molecular flexibility index (Phi) is 29.4. The number of nitrogens with one attached hydrogen (secondary N) is 5. The number of amides is 5. The molecule has 0 unspecified atom stereocenters. The third-order valence-electron chi connectivity index (χ3n) is 16.2. The summed E-state index contributed by atoms with van der Waals surface area (Å²) in [5.41, 5.74) is 4.48. The molecule has 2 fully saturated rings. The first-order chi connectivity index (χ1) is 46.5. The van der Waals surface area contributed by atoms with Crippen molar-refractivity contribution >= 4 is 71.1 Å². The number of aldehydes is 1. The maximum absolute atomic E-state index is 13.1. The van der Waals surface area contributed by atoms with Gasteiger partial charge in [-0.2, -0.15) is 23.5 Å². The Morgan fingerprint density at radius 3 is 1.45 bits per heavy atom. The number of hydrogen-bond acceptors (Lipinski definition) is 22. The second kappa shape index (κ2) is 37.2. The van der Waals surface area contributed by atoms with Gasteiger partial charge >= 0.3 is 5.97 Å². The van der Waals surface area contributed by atoms with Crippen LogP contribution in [0, 0.1) is 0 Å². The number of para-hydroxylation sites is 2. The fraction of sp³-hybridized carbons (Fsp3) is 0.449. The molecule has 0 aromatic heterocycles. The molecule has 5 amide bonds. The standard InChI is InChI=1S/C69H85N5O21S2/c1-41(76)73-58-52(79)36-68(40-75,94-62(58)60(83)54(81)38-71-65(86)47-23-17-43(18-24-47)49-12-5-7-15-56(49)90-3)92-30-10-34-97-35-29-70-64(85)46-27-21-45(22-28-46)51(78)14-9-32-96-33-11-31-93-69(67(88)89)37-53(80)59(74-42(2)77)63(95-69)61(84)55(82)39-72-66(87)48-25-19-44(20-26-48)50-13-6-8-16-57(50)91-4/h5-8,12-13,15-28,40,52-55,58-63,79-84H,9-11,14,29-39H2,1-4H3,(H,70,85)(H,71,86)(H,72,87)(H,73,76)(H,74,77)(H,88,89)/t52-,53-,54+,55+,58+,59+,60+,61+,62+,63+,68+,69+/m0/s1. The van der Waals surface area contributed by atoms with Crippen molar-refractivity contribution in [2.45, 2.75) is 125 Å². The number of aliphatic carboxylic acids is 1. The number of methoxy groups -OCH3 is 2. The molecule has 2 saturated heterocycles. The number of aliphatic hydroxyl groups is 6. The van der Waals surface area contributed by atoms with Gasteiger partial charge in [0.2, 0.25) is 17.6 Å². The molecule has 2 aliphatic heterocycles. The van der Waals surface area contributed by atoms with E-state index in [2.05, 4.69) is 26.6 Å². The van der Waals surface area contributed by atoms with Crippen molar-refractivity contribution in [1.82, 2.24) is 26.6 Å². The molecule has 0 bridgehead atoms. The van der Waals surface area contributed by atoms with E-state index in [1.54, 1.807) is 93.1 Å². The molecule has 2 heterocycles. The average Bonchev–Trinajstić information content (AvgIpc) is 0.783. The van der Waals surface area contributed by atoms with E-state index in [-0.39, 0.29) is 42.5 Å². The smallest absolute Gasteiger partial charge is 0.364 e. The molecule has 28 heteroatoms. The fourth-order valence-corrected chi connectivity index (χ4v) is 12.8. The van der Waals surface area contributed by atoms with E-state index in [9.17, 15) is 74.1 Å². The summed E-state index contributed by atoms with van der Waals surface area (Å²) < 4.78 is 34.3. The number of ether oxygens (including phenoxy) is 6. The van der Waals surface area contributed by atoms with Gasteiger partial charge in [-0.3, -0.25) is 33.6 Å². The first-order valence-electron chi connectivity index (χ1n) is 31.6. The zero-order valence-corrected chi connectivity index (χ0v) is 55.8. The molecular weight excluding hydrogens is 1300 g/mol. The van der Waals surface area contributed by atoms with E-state index in [1.807, 2.05) is 42.5 Å². The lowest BCUT2D eigenvalue weighted by Gasteiger charge is -2.46. The lowest BCUT2D eigenvalue weighted by molar-refractivity contribution is -0.310. The highest BCUT2D eigenvalue weighted by molar-refractivity contribution is 7.99. The molecule has 5 aromatic rings. The molecule has 0 aliphatic carbocycles. The molecule has 0 spiro atoms. The lowest BCUT2D eigenvalue weighted by atomic mass is 9.88. The zero-order chi connectivity index (χ0) is 70.2. The van der Waals surface area contributed by atoms with Gasteiger partial charge < -0.3 is 90.8 Å². The first-order valence-corrected chi connectivity index (χ1v) is 33.9. The summed E-state index contributed by atoms with van der Waals surface area (Å²) in [6.45, 7) is 1.46. The number of carbonyl (C=O) groups excluding carboxylic acids is 7. The second-order valence-corrected chi connectivity index (χ2v) is 25.7. The van der Waals surface area contributed by atoms with E-state index in [4.69, 9.17) is 28.4 Å². The summed E-state index contributed by atoms with van der Waals surface area (Å²) in [4.78, 5) is 102. The molecule has 7 rings (SSSR count). The van der Waals surface area contributed by atoms with Gasteiger partial charge in [-0.25, -0.2) is 4.79 Å². The monoisotopic (exact) mass is 1380 g/mol. The number of carboxylic acids is 1. The normalized spacial score (nSPS) is 21.9. The van der Waals surface area contributed by atoms with Crippen LogP contribution in [-0.2, 0) is 38.1 Å². The molecule has 26 nitrogen and oxygen atoms in total. The number of Topliss-reactive ketones (excluding diaryl/α,β-unsaturated/α-hetero) is 1. The van der Waals surface area contributed by atoms with Crippen LogP contribution in [0.5, 0.6) is 11.5 Å². The minimum absolute atomic E-state index is 0.0287. The van der Waals surface area contributed by atoms with Crippen molar-refractivity contribution in [3.63, 3.8) is 0 Å². The van der Waals surface area contributed by atoms with Gasteiger partial charge in [-0.05, 0) is 96.2 Å². The second-order valence-electron chi connectivity index (χ2n) is 23.2. The van der Waals surface area contributed by atoms with Crippen LogP contribution >= 0.6 is 23.5 Å². The van der Waals surface area contributed by atoms with Crippen molar-refractivity contribution in [3.8, 4) is 33.8 Å². The number of rotatable bonds is 37. The Morgan fingerprint density at radius 1 is 0.557 bits per heavy atom. The van der Waals surface area contributed by atoms with Crippen LogP contribution in [0.15, 0.2) is 121 Å². The van der Waals surface area contributed by atoms with Crippen LogP contribution in [0.1, 0.15) is 93.8 Å². The van der Waals surface area contributed by atoms with Gasteiger partial charge in [0.25, 0.3) is 23.5 Å². The van der Waals surface area contributed by atoms with E-state index in [1.165, 1.54) is 30.4 Å². The highest BCUT2D eigenvalue weighted by atomic mass is 32.2. The van der Waals surface area contributed by atoms with Crippen molar-refractivity contribution in [1.29, 1.82) is 0 Å². The molecule has 12 atom stereocenters. The summed E-state index contributed by atoms with van der Waals surface area (Å²) in [5.74, 6) is -5.63.